The molecular formula is C38H53FN2O8Si. The molecule has 2 aromatic rings. The van der Waals surface area contributed by atoms with Gasteiger partial charge in [-0.2, -0.15) is 0 Å². The van der Waals surface area contributed by atoms with Gasteiger partial charge >= 0.3 is 0 Å². The molecule has 50 heavy (non-hydrogen) atoms. The number of ketones is 2. The van der Waals surface area contributed by atoms with E-state index in [1.165, 1.54) is 18.2 Å². The van der Waals surface area contributed by atoms with E-state index in [1.807, 2.05) is 66.7 Å². The van der Waals surface area contributed by atoms with Crippen LogP contribution in [0.5, 0.6) is 11.6 Å². The molecule has 0 bridgehead atoms. The number of hydrogen-bond donors (Lipinski definition) is 2. The van der Waals surface area contributed by atoms with Crippen LogP contribution in [-0.2, 0) is 10.8 Å². The molecular weight excluding hydrogens is 660 g/mol. The highest BCUT2D eigenvalue weighted by atomic mass is 28.4. The monoisotopic (exact) mass is 712 g/mol. The lowest BCUT2D eigenvalue weighted by Crippen LogP contribution is -2.65. The summed E-state index contributed by atoms with van der Waals surface area (Å²) in [6, 6.07) is 0.738. The molecule has 0 unspecified atom stereocenters. The zero-order valence-electron chi connectivity index (χ0n) is 30.9. The average molecular weight is 713 g/mol. The Labute approximate surface area is 295 Å². The maximum absolute atomic E-state index is 16.0. The minimum absolute atomic E-state index is 0.0269. The van der Waals surface area contributed by atoms with Crippen LogP contribution in [0.2, 0.25) is 18.1 Å². The number of aromatic nitrogens is 1. The lowest BCUT2D eigenvalue weighted by Gasteiger charge is -2.55. The van der Waals surface area contributed by atoms with Gasteiger partial charge in [-0.05, 0) is 75.1 Å². The second kappa shape index (κ2) is 14.4. The van der Waals surface area contributed by atoms with E-state index in [-0.39, 0.29) is 65.0 Å². The van der Waals surface area contributed by atoms with E-state index in [1.54, 1.807) is 0 Å². The van der Waals surface area contributed by atoms with Crippen molar-refractivity contribution < 1.29 is 42.6 Å². The summed E-state index contributed by atoms with van der Waals surface area (Å²) in [7, 11) is 0.845. The maximum Gasteiger partial charge on any atom is 0.265 e. The molecule has 1 aromatic heterocycles. The van der Waals surface area contributed by atoms with Gasteiger partial charge in [0.25, 0.3) is 5.88 Å². The highest BCUT2D eigenvalue weighted by Crippen LogP contribution is 2.60. The minimum Gasteiger partial charge on any atom is -0.508 e. The number of Topliss-reactive ketones (excluding diaryl/α,β-unsaturated/α-hetero) is 2. The van der Waals surface area contributed by atoms with Gasteiger partial charge in [-0.3, -0.25) is 14.5 Å². The van der Waals surface area contributed by atoms with Crippen molar-refractivity contribution in [1.29, 1.82) is 0 Å². The lowest BCUT2D eigenvalue weighted by atomic mass is 9.58. The van der Waals surface area contributed by atoms with Gasteiger partial charge in [0.05, 0.1) is 31.4 Å². The number of carbonyl (C=O) groups is 2. The number of rotatable bonds is 13. The molecule has 1 heterocycles. The van der Waals surface area contributed by atoms with E-state index < -0.39 is 54.9 Å². The summed E-state index contributed by atoms with van der Waals surface area (Å²) >= 11 is 0. The molecule has 0 radical (unpaired) electrons. The molecule has 274 valence electrons. The summed E-state index contributed by atoms with van der Waals surface area (Å²) in [6.45, 7) is 14.5. The highest BCUT2D eigenvalue weighted by Gasteiger charge is 2.67. The zero-order chi connectivity index (χ0) is 36.8. The zero-order valence-corrected chi connectivity index (χ0v) is 31.9. The Bertz CT molecular complexity index is 1690. The van der Waals surface area contributed by atoms with Crippen LogP contribution in [0.4, 0.5) is 4.39 Å². The van der Waals surface area contributed by atoms with Crippen molar-refractivity contribution in [2.24, 2.45) is 11.8 Å². The quantitative estimate of drug-likeness (QED) is 0.158. The Balaban J connectivity index is 1.80. The van der Waals surface area contributed by atoms with Crippen LogP contribution in [0.1, 0.15) is 110 Å². The van der Waals surface area contributed by atoms with Crippen molar-refractivity contribution in [3.05, 3.63) is 57.3 Å². The van der Waals surface area contributed by atoms with Gasteiger partial charge in [0.15, 0.2) is 25.5 Å². The highest BCUT2D eigenvalue weighted by molar-refractivity contribution is 6.74. The first-order valence-electron chi connectivity index (χ1n) is 17.8. The SMILES string of the molecule is CCCCOc1noc2c1C(=O)[C@@]1(O[Si](C)(C)C(C)(C)C)C(O)=C3C(=O)c4c(c(F)cc(/C=C/CO)c4OCCCC)C[C@H]3C[C@H]1[C@@H]2N(C)C. The number of allylic oxidation sites excluding steroid dienone is 1. The van der Waals surface area contributed by atoms with Gasteiger partial charge in [0.2, 0.25) is 5.78 Å². The fourth-order valence-corrected chi connectivity index (χ4v) is 8.80. The Hall–Kier alpha value is -3.32. The van der Waals surface area contributed by atoms with Crippen LogP contribution in [0.3, 0.4) is 0 Å². The van der Waals surface area contributed by atoms with Crippen LogP contribution in [0.15, 0.2) is 28.0 Å². The van der Waals surface area contributed by atoms with Crippen molar-refractivity contribution >= 4 is 26.0 Å². The summed E-state index contributed by atoms with van der Waals surface area (Å²) in [5.74, 6) is -2.94. The number of nitrogens with zero attached hydrogens (tertiary/aromatic N) is 2. The van der Waals surface area contributed by atoms with E-state index in [0.29, 0.717) is 24.4 Å². The standard InChI is InChI=1S/C38H53FN2O8Si/c1-10-12-17-46-32-22(15-14-16-42)21-26(39)24-19-23-20-25-30(41(6)7)33-29(36(40-48-33)47-18-13-11-2)35(45)38(25,49-50(8,9)37(3,4)5)34(44)27(23)31(43)28(24)32/h14-15,21,23,25,30,42,44H,10-13,16-20H2,1-9H3/b15-14+/t23-,25-,30-,38-/m0/s1. The molecule has 4 atom stereocenters. The average Bonchev–Trinajstić information content (AvgIpc) is 3.45. The molecule has 5 rings (SSSR count). The van der Waals surface area contributed by atoms with Crippen LogP contribution >= 0.6 is 0 Å². The van der Waals surface area contributed by atoms with Crippen molar-refractivity contribution in [1.82, 2.24) is 10.1 Å². The summed E-state index contributed by atoms with van der Waals surface area (Å²) in [5.41, 5.74) is -1.28. The van der Waals surface area contributed by atoms with Crippen LogP contribution in [0.25, 0.3) is 6.08 Å². The molecule has 2 N–H and O–H groups in total. The number of aliphatic hydroxyl groups is 2. The second-order valence-corrected chi connectivity index (χ2v) is 20.2. The summed E-state index contributed by atoms with van der Waals surface area (Å²) < 4.78 is 41.2. The first-order valence-corrected chi connectivity index (χ1v) is 20.8. The number of benzene rings is 1. The second-order valence-electron chi connectivity index (χ2n) is 15.5. The lowest BCUT2D eigenvalue weighted by molar-refractivity contribution is -0.0481. The fourth-order valence-electron chi connectivity index (χ4n) is 7.35. The smallest absolute Gasteiger partial charge is 0.265 e. The topological polar surface area (TPSA) is 132 Å². The summed E-state index contributed by atoms with van der Waals surface area (Å²) in [4.78, 5) is 32.0. The van der Waals surface area contributed by atoms with Gasteiger partial charge in [-0.1, -0.05) is 59.6 Å². The minimum atomic E-state index is -2.88. The number of unbranched alkanes of at least 4 members (excludes halogenated alkanes) is 2. The third-order valence-electron chi connectivity index (χ3n) is 10.9. The summed E-state index contributed by atoms with van der Waals surface area (Å²) in [6.07, 6.45) is 6.47. The van der Waals surface area contributed by atoms with Crippen molar-refractivity contribution in [2.75, 3.05) is 33.9 Å². The van der Waals surface area contributed by atoms with Crippen molar-refractivity contribution in [3.8, 4) is 11.6 Å². The number of halogens is 1. The first-order chi connectivity index (χ1) is 23.6. The number of hydrogen-bond acceptors (Lipinski definition) is 10. The number of ether oxygens (including phenoxy) is 2. The third kappa shape index (κ3) is 6.26. The molecule has 10 nitrogen and oxygen atoms in total. The van der Waals surface area contributed by atoms with Gasteiger partial charge < -0.3 is 28.6 Å². The van der Waals surface area contributed by atoms with E-state index in [2.05, 4.69) is 5.16 Å². The predicted octanol–water partition coefficient (Wildman–Crippen LogP) is 7.62. The van der Waals surface area contributed by atoms with Crippen molar-refractivity contribution in [3.63, 3.8) is 0 Å². The van der Waals surface area contributed by atoms with Crippen LogP contribution in [-0.4, -0.2) is 79.7 Å². The first kappa shape index (κ1) is 37.9. The van der Waals surface area contributed by atoms with Gasteiger partial charge in [0, 0.05) is 22.6 Å². The number of carbonyl (C=O) groups excluding carboxylic acids is 2. The molecule has 12 heteroatoms. The van der Waals surface area contributed by atoms with E-state index >= 15 is 9.18 Å². The third-order valence-corrected chi connectivity index (χ3v) is 15.4. The molecule has 3 aliphatic carbocycles. The fraction of sp³-hybridized carbons (Fsp3) is 0.605. The Morgan fingerprint density at radius 3 is 2.38 bits per heavy atom. The molecule has 0 saturated heterocycles. The Morgan fingerprint density at radius 2 is 1.78 bits per heavy atom. The Kier molecular flexibility index (Phi) is 10.9. The molecule has 0 saturated carbocycles. The molecule has 0 fully saturated rings. The van der Waals surface area contributed by atoms with E-state index in [0.717, 1.165) is 19.3 Å². The molecule has 0 amide bonds. The largest absolute Gasteiger partial charge is 0.508 e. The molecule has 0 spiro atoms. The Morgan fingerprint density at radius 1 is 1.12 bits per heavy atom. The molecule has 0 aliphatic heterocycles. The number of aliphatic hydroxyl groups excluding tert-OH is 2. The summed E-state index contributed by atoms with van der Waals surface area (Å²) in [5, 5.41) is 26.1. The normalized spacial score (nSPS) is 23.6. The number of fused-ring (bicyclic) bond motifs is 4. The van der Waals surface area contributed by atoms with E-state index in [4.69, 9.17) is 18.4 Å². The predicted molar refractivity (Wildman–Crippen MR) is 191 cm³/mol. The van der Waals surface area contributed by atoms with E-state index in [9.17, 15) is 15.0 Å². The van der Waals surface area contributed by atoms with Gasteiger partial charge in [-0.15, -0.1) is 0 Å². The van der Waals surface area contributed by atoms with Crippen LogP contribution < -0.4 is 9.47 Å². The van der Waals surface area contributed by atoms with Crippen molar-refractivity contribution in [2.45, 2.75) is 103 Å². The molecule has 3 aliphatic rings. The van der Waals surface area contributed by atoms with Gasteiger partial charge in [0.1, 0.15) is 22.9 Å². The molecule has 1 aromatic carbocycles. The maximum atomic E-state index is 16.0. The van der Waals surface area contributed by atoms with Gasteiger partial charge in [-0.25, -0.2) is 4.39 Å². The van der Waals surface area contributed by atoms with Crippen LogP contribution in [0, 0.1) is 17.7 Å².